The molecular weight excluding hydrogens is 200 g/mol. The Morgan fingerprint density at radius 2 is 1.94 bits per heavy atom. The maximum absolute atomic E-state index is 12.0. The van der Waals surface area contributed by atoms with Crippen LogP contribution in [0, 0.1) is 11.3 Å². The van der Waals surface area contributed by atoms with Crippen molar-refractivity contribution in [2.75, 3.05) is 0 Å². The predicted molar refractivity (Wildman–Crippen MR) is 67.0 cm³/mol. The lowest BCUT2D eigenvalue weighted by molar-refractivity contribution is -0.125. The van der Waals surface area contributed by atoms with E-state index in [4.69, 9.17) is 0 Å². The summed E-state index contributed by atoms with van der Waals surface area (Å²) in [5, 5.41) is 0. The number of carbonyl (C=O) groups is 1. The molecule has 0 heterocycles. The Kier molecular flexibility index (Phi) is 7.27. The van der Waals surface area contributed by atoms with Gasteiger partial charge in [0.2, 0.25) is 6.29 Å². The van der Waals surface area contributed by atoms with Gasteiger partial charge in [-0.15, -0.1) is 0 Å². The second kappa shape index (κ2) is 7.59. The van der Waals surface area contributed by atoms with Crippen LogP contribution in [0.1, 0.15) is 66.2 Å². The Hall–Kier alpha value is -0.660. The maximum atomic E-state index is 12.0. The SMILES string of the molecule is CCCCC(C)([C]=O)C(=O)CC(C)CCC. The van der Waals surface area contributed by atoms with Gasteiger partial charge in [-0.1, -0.05) is 46.5 Å². The van der Waals surface area contributed by atoms with Crippen molar-refractivity contribution in [1.82, 2.24) is 0 Å². The molecule has 16 heavy (non-hydrogen) atoms. The average Bonchev–Trinajstić information content (AvgIpc) is 2.26. The van der Waals surface area contributed by atoms with Gasteiger partial charge in [-0.3, -0.25) is 9.59 Å². The molecule has 0 aromatic carbocycles. The van der Waals surface area contributed by atoms with Gasteiger partial charge in [0, 0.05) is 6.42 Å². The first-order valence-corrected chi connectivity index (χ1v) is 6.42. The first-order valence-electron chi connectivity index (χ1n) is 6.42. The summed E-state index contributed by atoms with van der Waals surface area (Å²) >= 11 is 0. The van der Waals surface area contributed by atoms with Crippen LogP contribution >= 0.6 is 0 Å². The number of Topliss-reactive ketones (excluding diaryl/α,β-unsaturated/α-hetero) is 1. The fourth-order valence-corrected chi connectivity index (χ4v) is 1.91. The molecule has 1 radical (unpaired) electrons. The van der Waals surface area contributed by atoms with Crippen molar-refractivity contribution < 1.29 is 9.59 Å². The number of ketones is 1. The third-order valence-corrected chi connectivity index (χ3v) is 3.19. The summed E-state index contributed by atoms with van der Waals surface area (Å²) < 4.78 is 0. The molecule has 0 aromatic rings. The molecular formula is C14H25O2. The van der Waals surface area contributed by atoms with E-state index in [1.807, 2.05) is 6.29 Å². The Labute approximate surface area is 99.8 Å². The topological polar surface area (TPSA) is 34.1 Å². The molecule has 0 amide bonds. The molecule has 93 valence electrons. The van der Waals surface area contributed by atoms with E-state index in [0.717, 1.165) is 25.7 Å². The third kappa shape index (κ3) is 4.91. The van der Waals surface area contributed by atoms with Crippen molar-refractivity contribution in [2.45, 2.75) is 66.2 Å². The van der Waals surface area contributed by atoms with E-state index in [-0.39, 0.29) is 5.78 Å². The number of hydrogen-bond donors (Lipinski definition) is 0. The summed E-state index contributed by atoms with van der Waals surface area (Å²) in [6.07, 6.45) is 7.19. The number of rotatable bonds is 9. The summed E-state index contributed by atoms with van der Waals surface area (Å²) in [7, 11) is 0. The molecule has 0 bridgehead atoms. The summed E-state index contributed by atoms with van der Waals surface area (Å²) in [5.74, 6) is 0.448. The highest BCUT2D eigenvalue weighted by molar-refractivity contribution is 5.97. The average molecular weight is 225 g/mol. The smallest absolute Gasteiger partial charge is 0.212 e. The quantitative estimate of drug-likeness (QED) is 0.561. The van der Waals surface area contributed by atoms with Crippen LogP contribution in [0.15, 0.2) is 0 Å². The van der Waals surface area contributed by atoms with Crippen LogP contribution < -0.4 is 0 Å². The minimum Gasteiger partial charge on any atom is -0.299 e. The number of carbonyl (C=O) groups excluding carboxylic acids is 2. The molecule has 0 N–H and O–H groups in total. The van der Waals surface area contributed by atoms with E-state index in [2.05, 4.69) is 20.8 Å². The standard InChI is InChI=1S/C14H25O2/c1-5-7-9-14(4,11-15)13(16)10-12(3)8-6-2/h12H,5-10H2,1-4H3. The Balaban J connectivity index is 4.34. The number of unbranched alkanes of at least 4 members (excludes halogenated alkanes) is 1. The zero-order chi connectivity index (χ0) is 12.6. The lowest BCUT2D eigenvalue weighted by Crippen LogP contribution is -2.30. The summed E-state index contributed by atoms with van der Waals surface area (Å²) in [4.78, 5) is 23.0. The normalized spacial score (nSPS) is 16.5. The fourth-order valence-electron chi connectivity index (χ4n) is 1.91. The minimum atomic E-state index is -0.863. The molecule has 0 aromatic heterocycles. The zero-order valence-electron chi connectivity index (χ0n) is 11.1. The van der Waals surface area contributed by atoms with Crippen molar-refractivity contribution in [3.05, 3.63) is 0 Å². The lowest BCUT2D eigenvalue weighted by atomic mass is 9.78. The molecule has 2 unspecified atom stereocenters. The number of hydrogen-bond acceptors (Lipinski definition) is 2. The van der Waals surface area contributed by atoms with E-state index in [1.54, 1.807) is 6.92 Å². The molecule has 0 saturated carbocycles. The first-order chi connectivity index (χ1) is 7.50. The van der Waals surface area contributed by atoms with Crippen LogP contribution in [0.25, 0.3) is 0 Å². The molecule has 0 saturated heterocycles. The fraction of sp³-hybridized carbons (Fsp3) is 0.857. The molecule has 0 aliphatic carbocycles. The minimum absolute atomic E-state index is 0.0666. The van der Waals surface area contributed by atoms with Crippen molar-refractivity contribution in [3.63, 3.8) is 0 Å². The molecule has 2 heteroatoms. The Bertz CT molecular complexity index is 223. The van der Waals surface area contributed by atoms with Crippen molar-refractivity contribution in [2.24, 2.45) is 11.3 Å². The second-order valence-electron chi connectivity index (χ2n) is 5.06. The second-order valence-corrected chi connectivity index (χ2v) is 5.06. The highest BCUT2D eigenvalue weighted by Gasteiger charge is 2.33. The van der Waals surface area contributed by atoms with Crippen LogP contribution in [0.2, 0.25) is 0 Å². The Morgan fingerprint density at radius 1 is 1.31 bits per heavy atom. The van der Waals surface area contributed by atoms with E-state index >= 15 is 0 Å². The van der Waals surface area contributed by atoms with Crippen LogP contribution in [0.3, 0.4) is 0 Å². The molecule has 0 spiro atoms. The lowest BCUT2D eigenvalue weighted by Gasteiger charge is -2.22. The zero-order valence-corrected chi connectivity index (χ0v) is 11.1. The van der Waals surface area contributed by atoms with Crippen molar-refractivity contribution in [3.8, 4) is 0 Å². The molecule has 0 aliphatic rings. The van der Waals surface area contributed by atoms with Gasteiger partial charge < -0.3 is 0 Å². The summed E-state index contributed by atoms with van der Waals surface area (Å²) in [6.45, 7) is 7.99. The molecule has 0 rings (SSSR count). The van der Waals surface area contributed by atoms with Gasteiger partial charge >= 0.3 is 0 Å². The van der Waals surface area contributed by atoms with Gasteiger partial charge in [0.15, 0.2) is 0 Å². The monoisotopic (exact) mass is 225 g/mol. The maximum Gasteiger partial charge on any atom is 0.212 e. The van der Waals surface area contributed by atoms with Crippen molar-refractivity contribution in [1.29, 1.82) is 0 Å². The van der Waals surface area contributed by atoms with Crippen LogP contribution in [-0.4, -0.2) is 12.1 Å². The van der Waals surface area contributed by atoms with Gasteiger partial charge in [-0.05, 0) is 19.3 Å². The first kappa shape index (κ1) is 15.3. The predicted octanol–water partition coefficient (Wildman–Crippen LogP) is 3.69. The largest absolute Gasteiger partial charge is 0.299 e. The molecule has 2 nitrogen and oxygen atoms in total. The molecule has 0 fully saturated rings. The molecule has 0 aliphatic heterocycles. The van der Waals surface area contributed by atoms with Gasteiger partial charge in [0.05, 0.1) is 5.41 Å². The third-order valence-electron chi connectivity index (χ3n) is 3.19. The van der Waals surface area contributed by atoms with E-state index in [9.17, 15) is 9.59 Å². The Morgan fingerprint density at radius 3 is 2.38 bits per heavy atom. The van der Waals surface area contributed by atoms with Gasteiger partial charge in [-0.25, -0.2) is 0 Å². The highest BCUT2D eigenvalue weighted by Crippen LogP contribution is 2.27. The van der Waals surface area contributed by atoms with E-state index in [0.29, 0.717) is 18.8 Å². The summed E-state index contributed by atoms with van der Waals surface area (Å²) in [5.41, 5.74) is -0.863. The summed E-state index contributed by atoms with van der Waals surface area (Å²) in [6, 6.07) is 0. The van der Waals surface area contributed by atoms with Crippen LogP contribution in [0.4, 0.5) is 0 Å². The van der Waals surface area contributed by atoms with Crippen molar-refractivity contribution >= 4 is 12.1 Å². The highest BCUT2D eigenvalue weighted by atomic mass is 16.1. The van der Waals surface area contributed by atoms with Gasteiger partial charge in [0.1, 0.15) is 5.78 Å². The van der Waals surface area contributed by atoms with Crippen LogP contribution in [0.5, 0.6) is 0 Å². The van der Waals surface area contributed by atoms with Crippen LogP contribution in [-0.2, 0) is 9.59 Å². The van der Waals surface area contributed by atoms with E-state index < -0.39 is 5.41 Å². The van der Waals surface area contributed by atoms with E-state index in [1.165, 1.54) is 0 Å². The van der Waals surface area contributed by atoms with Gasteiger partial charge in [-0.2, -0.15) is 0 Å². The molecule has 2 atom stereocenters. The van der Waals surface area contributed by atoms with Gasteiger partial charge in [0.25, 0.3) is 0 Å².